The van der Waals surface area contributed by atoms with E-state index in [4.69, 9.17) is 18.0 Å². The first-order valence-corrected chi connectivity index (χ1v) is 7.81. The lowest BCUT2D eigenvalue weighted by atomic mass is 10.2. The van der Waals surface area contributed by atoms with Gasteiger partial charge in [-0.25, -0.2) is 4.98 Å². The van der Waals surface area contributed by atoms with Crippen molar-refractivity contribution < 1.29 is 0 Å². The van der Waals surface area contributed by atoms with Gasteiger partial charge in [0.2, 0.25) is 0 Å². The molecule has 0 spiro atoms. The van der Waals surface area contributed by atoms with Crippen molar-refractivity contribution in [2.75, 3.05) is 11.4 Å². The van der Waals surface area contributed by atoms with Gasteiger partial charge in [0.05, 0.1) is 10.7 Å². The maximum atomic E-state index is 5.63. The second-order valence-electron chi connectivity index (χ2n) is 4.74. The van der Waals surface area contributed by atoms with Gasteiger partial charge in [-0.1, -0.05) is 18.3 Å². The van der Waals surface area contributed by atoms with Crippen LogP contribution < -0.4 is 10.6 Å². The molecule has 0 atom stereocenters. The number of aryl methyl sites for hydroxylation is 1. The lowest BCUT2D eigenvalue weighted by Crippen LogP contribution is -2.28. The summed E-state index contributed by atoms with van der Waals surface area (Å²) in [4.78, 5) is 11.5. The van der Waals surface area contributed by atoms with Crippen molar-refractivity contribution in [2.45, 2.75) is 19.9 Å². The number of hydrogen-bond acceptors (Lipinski definition) is 4. The number of thiocarbonyl (C=S) groups is 1. The van der Waals surface area contributed by atoms with Crippen LogP contribution >= 0.6 is 28.1 Å². The molecule has 0 aliphatic carbocycles. The van der Waals surface area contributed by atoms with Crippen LogP contribution in [0.3, 0.4) is 0 Å². The minimum Gasteiger partial charge on any atom is -0.393 e. The molecule has 0 amide bonds. The Morgan fingerprint density at radius 2 is 2.19 bits per heavy atom. The number of aromatic nitrogens is 2. The van der Waals surface area contributed by atoms with Gasteiger partial charge in [0, 0.05) is 36.4 Å². The van der Waals surface area contributed by atoms with Gasteiger partial charge in [-0.15, -0.1) is 0 Å². The van der Waals surface area contributed by atoms with Crippen LogP contribution in [0.1, 0.15) is 17.7 Å². The molecule has 0 saturated heterocycles. The molecule has 2 aromatic heterocycles. The minimum absolute atomic E-state index is 0.514. The zero-order chi connectivity index (χ0) is 15.2. The van der Waals surface area contributed by atoms with Gasteiger partial charge in [0.1, 0.15) is 5.82 Å². The van der Waals surface area contributed by atoms with Crippen molar-refractivity contribution in [3.63, 3.8) is 0 Å². The number of anilines is 1. The van der Waals surface area contributed by atoms with Crippen LogP contribution in [0.2, 0.25) is 0 Å². The summed E-state index contributed by atoms with van der Waals surface area (Å²) in [6.45, 7) is 3.44. The highest BCUT2D eigenvalue weighted by Gasteiger charge is 2.11. The molecule has 2 aromatic rings. The molecular weight excluding hydrogens is 348 g/mol. The highest BCUT2D eigenvalue weighted by atomic mass is 79.9. The molecule has 2 heterocycles. The summed E-state index contributed by atoms with van der Waals surface area (Å²) in [7, 11) is 0. The first-order valence-electron chi connectivity index (χ1n) is 6.61. The molecular formula is C15H17BrN4S. The van der Waals surface area contributed by atoms with Crippen LogP contribution in [0, 0.1) is 6.92 Å². The maximum Gasteiger partial charge on any atom is 0.129 e. The Kier molecular flexibility index (Phi) is 5.64. The van der Waals surface area contributed by atoms with E-state index >= 15 is 0 Å². The third-order valence-corrected chi connectivity index (χ3v) is 4.10. The molecule has 110 valence electrons. The van der Waals surface area contributed by atoms with Gasteiger partial charge in [0.25, 0.3) is 0 Å². The van der Waals surface area contributed by atoms with Crippen molar-refractivity contribution in [2.24, 2.45) is 5.73 Å². The predicted molar refractivity (Wildman–Crippen MR) is 93.4 cm³/mol. The van der Waals surface area contributed by atoms with Gasteiger partial charge in [-0.05, 0) is 46.6 Å². The highest BCUT2D eigenvalue weighted by Crippen LogP contribution is 2.20. The molecule has 21 heavy (non-hydrogen) atoms. The molecule has 0 fully saturated rings. The third-order valence-electron chi connectivity index (χ3n) is 3.05. The van der Waals surface area contributed by atoms with Crippen LogP contribution in [0.4, 0.5) is 5.82 Å². The van der Waals surface area contributed by atoms with E-state index in [2.05, 4.69) is 30.8 Å². The van der Waals surface area contributed by atoms with Crippen molar-refractivity contribution in [3.05, 3.63) is 52.4 Å². The normalized spacial score (nSPS) is 10.4. The van der Waals surface area contributed by atoms with E-state index in [0.29, 0.717) is 11.4 Å². The van der Waals surface area contributed by atoms with Crippen LogP contribution in [-0.2, 0) is 6.54 Å². The van der Waals surface area contributed by atoms with Gasteiger partial charge < -0.3 is 10.6 Å². The topological polar surface area (TPSA) is 55.0 Å². The largest absolute Gasteiger partial charge is 0.393 e. The highest BCUT2D eigenvalue weighted by molar-refractivity contribution is 9.10. The molecule has 0 bridgehead atoms. The number of nitrogens with zero attached hydrogens (tertiary/aromatic N) is 3. The van der Waals surface area contributed by atoms with Gasteiger partial charge in [-0.2, -0.15) is 0 Å². The number of pyridine rings is 2. The summed E-state index contributed by atoms with van der Waals surface area (Å²) in [5, 5.41) is 0. The Balaban J connectivity index is 2.22. The van der Waals surface area contributed by atoms with Crippen molar-refractivity contribution in [1.29, 1.82) is 0 Å². The molecule has 0 aliphatic rings. The Morgan fingerprint density at radius 3 is 2.81 bits per heavy atom. The third kappa shape index (κ3) is 4.75. The van der Waals surface area contributed by atoms with Gasteiger partial charge in [-0.3, -0.25) is 4.98 Å². The lowest BCUT2D eigenvalue weighted by Gasteiger charge is -2.24. The van der Waals surface area contributed by atoms with Crippen molar-refractivity contribution in [1.82, 2.24) is 9.97 Å². The summed E-state index contributed by atoms with van der Waals surface area (Å²) < 4.78 is 1.00. The van der Waals surface area contributed by atoms with E-state index in [0.717, 1.165) is 34.6 Å². The summed E-state index contributed by atoms with van der Waals surface area (Å²) in [5.41, 5.74) is 7.72. The van der Waals surface area contributed by atoms with Crippen LogP contribution in [0.25, 0.3) is 0 Å². The second kappa shape index (κ2) is 7.47. The molecule has 0 aliphatic heterocycles. The Bertz CT molecular complexity index is 618. The maximum absolute atomic E-state index is 5.63. The predicted octanol–water partition coefficient (Wildman–Crippen LogP) is 3.23. The SMILES string of the molecule is Cc1nc(N(CCC(N)=S)Cc2cccnc2)ccc1Br. The van der Waals surface area contributed by atoms with E-state index < -0.39 is 0 Å². The van der Waals surface area contributed by atoms with Crippen LogP contribution in [-0.4, -0.2) is 21.5 Å². The van der Waals surface area contributed by atoms with E-state index in [1.165, 1.54) is 0 Å². The number of hydrogen-bond donors (Lipinski definition) is 1. The summed E-state index contributed by atoms with van der Waals surface area (Å²) in [6.07, 6.45) is 4.29. The fourth-order valence-electron chi connectivity index (χ4n) is 1.94. The molecule has 0 unspecified atom stereocenters. The molecule has 0 aromatic carbocycles. The average molecular weight is 365 g/mol. The van der Waals surface area contributed by atoms with E-state index in [1.54, 1.807) is 6.20 Å². The molecule has 6 heteroatoms. The lowest BCUT2D eigenvalue weighted by molar-refractivity contribution is 0.785. The summed E-state index contributed by atoms with van der Waals surface area (Å²) in [5.74, 6) is 0.913. The first kappa shape index (κ1) is 15.9. The zero-order valence-electron chi connectivity index (χ0n) is 11.8. The minimum atomic E-state index is 0.514. The molecule has 2 N–H and O–H groups in total. The molecule has 2 rings (SSSR count). The average Bonchev–Trinajstić information content (AvgIpc) is 2.47. The first-order chi connectivity index (χ1) is 10.1. The number of nitrogens with two attached hydrogens (primary N) is 1. The standard InChI is InChI=1S/C15H17BrN4S/c1-11-13(16)4-5-15(19-11)20(8-6-14(17)21)10-12-3-2-7-18-9-12/h2-5,7,9H,6,8,10H2,1H3,(H2,17,21). The van der Waals surface area contributed by atoms with Crippen molar-refractivity contribution >= 4 is 39.0 Å². The number of rotatable bonds is 6. The summed E-state index contributed by atoms with van der Waals surface area (Å²) in [6, 6.07) is 7.98. The monoisotopic (exact) mass is 364 g/mol. The van der Waals surface area contributed by atoms with Crippen LogP contribution in [0.15, 0.2) is 41.1 Å². The number of halogens is 1. The van der Waals surface area contributed by atoms with Crippen molar-refractivity contribution in [3.8, 4) is 0 Å². The fourth-order valence-corrected chi connectivity index (χ4v) is 2.25. The second-order valence-corrected chi connectivity index (χ2v) is 6.11. The Hall–Kier alpha value is -1.53. The zero-order valence-corrected chi connectivity index (χ0v) is 14.2. The van der Waals surface area contributed by atoms with Crippen LogP contribution in [0.5, 0.6) is 0 Å². The summed E-state index contributed by atoms with van der Waals surface area (Å²) >= 11 is 8.46. The molecule has 4 nitrogen and oxygen atoms in total. The van der Waals surface area contributed by atoms with E-state index in [9.17, 15) is 0 Å². The van der Waals surface area contributed by atoms with E-state index in [-0.39, 0.29) is 0 Å². The molecule has 0 saturated carbocycles. The van der Waals surface area contributed by atoms with Gasteiger partial charge in [0.15, 0.2) is 0 Å². The Labute approximate surface area is 138 Å². The van der Waals surface area contributed by atoms with Gasteiger partial charge >= 0.3 is 0 Å². The van der Waals surface area contributed by atoms with E-state index in [1.807, 2.05) is 37.4 Å². The Morgan fingerprint density at radius 1 is 1.38 bits per heavy atom. The quantitative estimate of drug-likeness (QED) is 0.797. The smallest absolute Gasteiger partial charge is 0.129 e. The molecule has 0 radical (unpaired) electrons. The fraction of sp³-hybridized carbons (Fsp3) is 0.267.